The van der Waals surface area contributed by atoms with Gasteiger partial charge in [-0.05, 0) is 103 Å². The minimum Gasteiger partial charge on any atom is -0.462 e. The molecule has 1 atom stereocenters. The summed E-state index contributed by atoms with van der Waals surface area (Å²) in [5.41, 5.74) is 0. The largest absolute Gasteiger partial charge is 0.462 e. The second-order valence-corrected chi connectivity index (χ2v) is 16.3. The second-order valence-electron chi connectivity index (χ2n) is 16.3. The molecule has 0 heterocycles. The summed E-state index contributed by atoms with van der Waals surface area (Å²) in [6, 6.07) is 0. The Hall–Kier alpha value is -3.93. The number of hydrogen-bond acceptors (Lipinski definition) is 6. The average Bonchev–Trinajstić information content (AvgIpc) is 3.28. The molecule has 0 aliphatic rings. The molecule has 0 radical (unpaired) electrons. The zero-order valence-corrected chi connectivity index (χ0v) is 40.5. The SMILES string of the molecule is CC/C=C\C/C=C\C/C=C\C/C=C\CCCCCCCCCCC(=O)OCC(COC(=O)CCCCCCC/C=C\CCCC)OC(=O)CC/C=C\C/C=C\C/C=C\C/C=C\CC. The molecule has 356 valence electrons. The lowest BCUT2D eigenvalue weighted by molar-refractivity contribution is -0.166. The molecule has 0 aliphatic heterocycles. The Labute approximate surface area is 387 Å². The third kappa shape index (κ3) is 49.0. The molecule has 0 aliphatic carbocycles. The fraction of sp³-hybridized carbons (Fsp3) is 0.632. The van der Waals surface area contributed by atoms with E-state index >= 15 is 0 Å². The van der Waals surface area contributed by atoms with Crippen molar-refractivity contribution in [2.45, 2.75) is 219 Å². The van der Waals surface area contributed by atoms with Crippen LogP contribution in [0.1, 0.15) is 213 Å². The predicted octanol–water partition coefficient (Wildman–Crippen LogP) is 16.8. The first kappa shape index (κ1) is 59.1. The van der Waals surface area contributed by atoms with Gasteiger partial charge in [-0.3, -0.25) is 14.4 Å². The normalized spacial score (nSPS) is 13.0. The van der Waals surface area contributed by atoms with Crippen molar-refractivity contribution in [2.24, 2.45) is 0 Å². The fourth-order valence-electron chi connectivity index (χ4n) is 6.49. The number of carbonyl (C=O) groups excluding carboxylic acids is 3. The average molecular weight is 873 g/mol. The highest BCUT2D eigenvalue weighted by molar-refractivity contribution is 5.71. The summed E-state index contributed by atoms with van der Waals surface area (Å²) in [5.74, 6) is -1.02. The lowest BCUT2D eigenvalue weighted by Crippen LogP contribution is -2.30. The van der Waals surface area contributed by atoms with Crippen LogP contribution in [0.5, 0.6) is 0 Å². The van der Waals surface area contributed by atoms with Gasteiger partial charge in [-0.15, -0.1) is 0 Å². The summed E-state index contributed by atoms with van der Waals surface area (Å²) in [4.78, 5) is 37.9. The van der Waals surface area contributed by atoms with Crippen LogP contribution in [-0.4, -0.2) is 37.2 Å². The van der Waals surface area contributed by atoms with Gasteiger partial charge in [0, 0.05) is 19.3 Å². The predicted molar refractivity (Wildman–Crippen MR) is 270 cm³/mol. The number of allylic oxidation sites excluding steroid dienone is 18. The molecule has 0 aromatic carbocycles. The number of hydrogen-bond donors (Lipinski definition) is 0. The molecule has 0 saturated heterocycles. The first-order chi connectivity index (χ1) is 31.0. The topological polar surface area (TPSA) is 78.9 Å². The van der Waals surface area contributed by atoms with Gasteiger partial charge < -0.3 is 14.2 Å². The van der Waals surface area contributed by atoms with E-state index in [0.717, 1.165) is 109 Å². The zero-order chi connectivity index (χ0) is 45.8. The Morgan fingerprint density at radius 2 is 0.651 bits per heavy atom. The molecule has 6 nitrogen and oxygen atoms in total. The summed E-state index contributed by atoms with van der Waals surface area (Å²) in [5, 5.41) is 0. The monoisotopic (exact) mass is 873 g/mol. The third-order valence-electron chi connectivity index (χ3n) is 10.3. The lowest BCUT2D eigenvalue weighted by atomic mass is 10.1. The molecule has 0 rings (SSSR count). The van der Waals surface area contributed by atoms with Crippen LogP contribution < -0.4 is 0 Å². The summed E-state index contributed by atoms with van der Waals surface area (Å²) < 4.78 is 16.7. The molecule has 63 heavy (non-hydrogen) atoms. The Kier molecular flexibility index (Phi) is 47.5. The van der Waals surface area contributed by atoms with E-state index in [1.165, 1.54) is 57.8 Å². The Bertz CT molecular complexity index is 1330. The van der Waals surface area contributed by atoms with Crippen molar-refractivity contribution in [2.75, 3.05) is 13.2 Å². The van der Waals surface area contributed by atoms with Crippen molar-refractivity contribution in [3.63, 3.8) is 0 Å². The highest BCUT2D eigenvalue weighted by Crippen LogP contribution is 2.13. The van der Waals surface area contributed by atoms with Crippen molar-refractivity contribution in [1.29, 1.82) is 0 Å². The van der Waals surface area contributed by atoms with Gasteiger partial charge in [-0.1, -0.05) is 201 Å². The maximum atomic E-state index is 12.7. The lowest BCUT2D eigenvalue weighted by Gasteiger charge is -2.18. The van der Waals surface area contributed by atoms with Crippen molar-refractivity contribution in [3.8, 4) is 0 Å². The van der Waals surface area contributed by atoms with Gasteiger partial charge in [0.15, 0.2) is 6.10 Å². The van der Waals surface area contributed by atoms with Crippen LogP contribution >= 0.6 is 0 Å². The summed E-state index contributed by atoms with van der Waals surface area (Å²) >= 11 is 0. The van der Waals surface area contributed by atoms with Crippen LogP contribution in [-0.2, 0) is 28.6 Å². The van der Waals surface area contributed by atoms with E-state index in [2.05, 4.69) is 118 Å². The standard InChI is InChI=1S/C57H92O6/c1-4-7-10-13-16-19-22-24-25-26-27-28-29-30-31-33-35-38-41-44-47-50-56(59)62-53-54(52-61-55(58)49-46-43-40-37-34-21-18-15-12-9-6-3)63-57(60)51-48-45-42-39-36-32-23-20-17-14-11-8-5-2/h7-8,10-11,15-20,24-25,27-28,32,36,42,45,54H,4-6,9,12-14,21-23,26,29-31,33-35,37-41,43-44,46-53H2,1-3H3/b10-7-,11-8-,18-15-,19-16-,20-17-,25-24-,28-27-,36-32-,45-42-. The molecular formula is C57H92O6. The van der Waals surface area contributed by atoms with Gasteiger partial charge in [0.05, 0.1) is 0 Å². The highest BCUT2D eigenvalue weighted by Gasteiger charge is 2.19. The van der Waals surface area contributed by atoms with Gasteiger partial charge in [-0.25, -0.2) is 0 Å². The van der Waals surface area contributed by atoms with E-state index in [-0.39, 0.29) is 31.6 Å². The van der Waals surface area contributed by atoms with Gasteiger partial charge in [0.25, 0.3) is 0 Å². The van der Waals surface area contributed by atoms with E-state index in [1.807, 2.05) is 12.2 Å². The van der Waals surface area contributed by atoms with Crippen LogP contribution in [0, 0.1) is 0 Å². The summed E-state index contributed by atoms with van der Waals surface area (Å²) in [6.45, 7) is 6.28. The molecule has 0 bridgehead atoms. The third-order valence-corrected chi connectivity index (χ3v) is 10.3. The van der Waals surface area contributed by atoms with Crippen LogP contribution in [0.2, 0.25) is 0 Å². The molecule has 0 spiro atoms. The number of carbonyl (C=O) groups is 3. The minimum absolute atomic E-state index is 0.115. The van der Waals surface area contributed by atoms with Crippen molar-refractivity contribution < 1.29 is 28.6 Å². The van der Waals surface area contributed by atoms with Crippen LogP contribution in [0.3, 0.4) is 0 Å². The summed E-state index contributed by atoms with van der Waals surface area (Å²) in [6.07, 6.45) is 68.0. The fourth-order valence-corrected chi connectivity index (χ4v) is 6.49. The Morgan fingerprint density at radius 3 is 1.05 bits per heavy atom. The van der Waals surface area contributed by atoms with Crippen molar-refractivity contribution in [3.05, 3.63) is 109 Å². The molecule has 0 aromatic rings. The van der Waals surface area contributed by atoms with E-state index in [1.54, 1.807) is 0 Å². The molecular weight excluding hydrogens is 781 g/mol. The molecule has 0 aromatic heterocycles. The van der Waals surface area contributed by atoms with Crippen molar-refractivity contribution in [1.82, 2.24) is 0 Å². The first-order valence-corrected chi connectivity index (χ1v) is 25.4. The number of esters is 3. The van der Waals surface area contributed by atoms with Crippen LogP contribution in [0.25, 0.3) is 0 Å². The van der Waals surface area contributed by atoms with E-state index in [9.17, 15) is 14.4 Å². The number of rotatable bonds is 44. The van der Waals surface area contributed by atoms with Crippen LogP contribution in [0.15, 0.2) is 109 Å². The second kappa shape index (κ2) is 50.7. The van der Waals surface area contributed by atoms with E-state index in [4.69, 9.17) is 14.2 Å². The quantitative estimate of drug-likeness (QED) is 0.0263. The van der Waals surface area contributed by atoms with Crippen molar-refractivity contribution >= 4 is 17.9 Å². The first-order valence-electron chi connectivity index (χ1n) is 25.4. The minimum atomic E-state index is -0.823. The van der Waals surface area contributed by atoms with E-state index in [0.29, 0.717) is 19.3 Å². The molecule has 1 unspecified atom stereocenters. The van der Waals surface area contributed by atoms with Gasteiger partial charge in [0.2, 0.25) is 0 Å². The highest BCUT2D eigenvalue weighted by atomic mass is 16.6. The molecule has 0 N–H and O–H groups in total. The summed E-state index contributed by atoms with van der Waals surface area (Å²) in [7, 11) is 0. The molecule has 0 amide bonds. The molecule has 0 saturated carbocycles. The maximum absolute atomic E-state index is 12.7. The smallest absolute Gasteiger partial charge is 0.306 e. The Balaban J connectivity index is 4.42. The Morgan fingerprint density at radius 1 is 0.333 bits per heavy atom. The van der Waals surface area contributed by atoms with Gasteiger partial charge in [-0.2, -0.15) is 0 Å². The number of ether oxygens (including phenoxy) is 3. The zero-order valence-electron chi connectivity index (χ0n) is 40.5. The molecule has 0 fully saturated rings. The van der Waals surface area contributed by atoms with E-state index < -0.39 is 12.1 Å². The maximum Gasteiger partial charge on any atom is 0.306 e. The molecule has 6 heteroatoms. The number of unbranched alkanes of at least 4 members (excludes halogenated alkanes) is 15. The van der Waals surface area contributed by atoms with Gasteiger partial charge >= 0.3 is 17.9 Å². The van der Waals surface area contributed by atoms with Crippen LogP contribution in [0.4, 0.5) is 0 Å². The van der Waals surface area contributed by atoms with Gasteiger partial charge in [0.1, 0.15) is 13.2 Å².